The average Bonchev–Trinajstić information content (AvgIpc) is 2.29. The summed E-state index contributed by atoms with van der Waals surface area (Å²) in [5.41, 5.74) is 0. The van der Waals surface area contributed by atoms with Crippen LogP contribution in [-0.4, -0.2) is 55.7 Å². The molecule has 1 fully saturated rings. The fraction of sp³-hybridized carbons (Fsp3) is 0.857. The first kappa shape index (κ1) is 14.5. The van der Waals surface area contributed by atoms with Gasteiger partial charge in [-0.25, -0.2) is 0 Å². The van der Waals surface area contributed by atoms with E-state index in [2.05, 4.69) is 30.2 Å². The Bertz CT molecular complexity index is 218. The molecule has 0 aromatic heterocycles. The van der Waals surface area contributed by atoms with E-state index in [4.69, 9.17) is 4.74 Å². The predicted octanol–water partition coefficient (Wildman–Crippen LogP) is 2.20. The third-order valence-electron chi connectivity index (χ3n) is 3.28. The lowest BCUT2D eigenvalue weighted by Crippen LogP contribution is -2.46. The third-order valence-corrected chi connectivity index (χ3v) is 3.28. The Morgan fingerprint density at radius 1 is 1.53 bits per heavy atom. The maximum atomic E-state index is 5.78. The third kappa shape index (κ3) is 6.08. The number of nitrogens with zero attached hydrogens (tertiary/aromatic N) is 2. The van der Waals surface area contributed by atoms with Crippen LogP contribution < -0.4 is 0 Å². The minimum atomic E-state index is 0.339. The van der Waals surface area contributed by atoms with Crippen molar-refractivity contribution in [1.29, 1.82) is 0 Å². The van der Waals surface area contributed by atoms with Crippen molar-refractivity contribution in [3.63, 3.8) is 0 Å². The molecule has 0 amide bonds. The van der Waals surface area contributed by atoms with Gasteiger partial charge in [-0.05, 0) is 31.5 Å². The van der Waals surface area contributed by atoms with E-state index in [9.17, 15) is 0 Å². The van der Waals surface area contributed by atoms with E-state index in [1.807, 2.05) is 13.2 Å². The van der Waals surface area contributed by atoms with E-state index >= 15 is 0 Å². The summed E-state index contributed by atoms with van der Waals surface area (Å²) in [5.74, 6) is 0.818. The van der Waals surface area contributed by atoms with Crippen LogP contribution in [0.15, 0.2) is 12.8 Å². The van der Waals surface area contributed by atoms with Gasteiger partial charge in [-0.1, -0.05) is 20.4 Å². The van der Waals surface area contributed by atoms with Gasteiger partial charge < -0.3 is 9.64 Å². The largest absolute Gasteiger partial charge is 0.378 e. The quantitative estimate of drug-likeness (QED) is 0.678. The highest BCUT2D eigenvalue weighted by molar-refractivity contribution is 4.77. The first-order valence-electron chi connectivity index (χ1n) is 6.78. The van der Waals surface area contributed by atoms with Crippen molar-refractivity contribution in [2.45, 2.75) is 32.8 Å². The van der Waals surface area contributed by atoms with Gasteiger partial charge in [-0.15, -0.1) is 0 Å². The molecule has 1 unspecified atom stereocenters. The molecule has 100 valence electrons. The second-order valence-corrected chi connectivity index (χ2v) is 5.45. The second-order valence-electron chi connectivity index (χ2n) is 5.45. The molecule has 0 saturated carbocycles. The first-order valence-corrected chi connectivity index (χ1v) is 6.78. The molecule has 1 saturated heterocycles. The predicted molar refractivity (Wildman–Crippen MR) is 73.1 cm³/mol. The van der Waals surface area contributed by atoms with Crippen molar-refractivity contribution in [2.75, 3.05) is 39.8 Å². The zero-order valence-electron chi connectivity index (χ0n) is 11.7. The van der Waals surface area contributed by atoms with E-state index < -0.39 is 0 Å². The highest BCUT2D eigenvalue weighted by Crippen LogP contribution is 2.10. The Labute approximate surface area is 106 Å². The molecule has 0 bridgehead atoms. The number of hydrogen-bond donors (Lipinski definition) is 0. The molecule has 0 aromatic rings. The van der Waals surface area contributed by atoms with Gasteiger partial charge >= 0.3 is 0 Å². The standard InChI is InChI=1S/C14H28N2O/c1-5-15(4)11-14-12-16(9-10-17-14)8-6-7-13(2)3/h5,13-14H,1,6-12H2,2-4H3. The lowest BCUT2D eigenvalue weighted by atomic mass is 10.1. The molecule has 3 nitrogen and oxygen atoms in total. The molecular formula is C14H28N2O. The summed E-state index contributed by atoms with van der Waals surface area (Å²) in [7, 11) is 2.05. The van der Waals surface area contributed by atoms with Crippen molar-refractivity contribution in [3.05, 3.63) is 12.8 Å². The summed E-state index contributed by atoms with van der Waals surface area (Å²) in [5, 5.41) is 0. The Hall–Kier alpha value is -0.540. The summed E-state index contributed by atoms with van der Waals surface area (Å²) in [6.45, 7) is 13.6. The fourth-order valence-corrected chi connectivity index (χ4v) is 2.21. The normalized spacial score (nSPS) is 21.8. The second kappa shape index (κ2) is 7.72. The minimum Gasteiger partial charge on any atom is -0.378 e. The molecule has 1 heterocycles. The summed E-state index contributed by atoms with van der Waals surface area (Å²) < 4.78 is 5.78. The summed E-state index contributed by atoms with van der Waals surface area (Å²) in [6.07, 6.45) is 4.84. The van der Waals surface area contributed by atoms with Crippen LogP contribution in [0, 0.1) is 5.92 Å². The van der Waals surface area contributed by atoms with Crippen LogP contribution >= 0.6 is 0 Å². The SMILES string of the molecule is C=CN(C)CC1CN(CCCC(C)C)CCO1. The van der Waals surface area contributed by atoms with Crippen molar-refractivity contribution in [1.82, 2.24) is 9.80 Å². The number of likely N-dealkylation sites (N-methyl/N-ethyl adjacent to an activating group) is 1. The van der Waals surface area contributed by atoms with Gasteiger partial charge in [0.25, 0.3) is 0 Å². The summed E-state index contributed by atoms with van der Waals surface area (Å²) >= 11 is 0. The molecule has 0 aliphatic carbocycles. The molecule has 1 atom stereocenters. The van der Waals surface area contributed by atoms with Gasteiger partial charge in [0, 0.05) is 26.7 Å². The van der Waals surface area contributed by atoms with Gasteiger partial charge in [-0.3, -0.25) is 4.90 Å². The molecule has 1 aliphatic heterocycles. The number of ether oxygens (including phenoxy) is 1. The molecule has 0 N–H and O–H groups in total. The Balaban J connectivity index is 2.21. The van der Waals surface area contributed by atoms with Crippen LogP contribution in [0.25, 0.3) is 0 Å². The summed E-state index contributed by atoms with van der Waals surface area (Å²) in [6, 6.07) is 0. The fourth-order valence-electron chi connectivity index (χ4n) is 2.21. The van der Waals surface area contributed by atoms with Gasteiger partial charge in [0.15, 0.2) is 0 Å². The Morgan fingerprint density at radius 2 is 2.29 bits per heavy atom. The number of morpholine rings is 1. The zero-order chi connectivity index (χ0) is 12.7. The molecule has 1 rings (SSSR count). The van der Waals surface area contributed by atoms with Crippen LogP contribution in [0.1, 0.15) is 26.7 Å². The van der Waals surface area contributed by atoms with Crippen molar-refractivity contribution < 1.29 is 4.74 Å². The summed E-state index contributed by atoms with van der Waals surface area (Å²) in [4.78, 5) is 4.63. The zero-order valence-corrected chi connectivity index (χ0v) is 11.7. The lowest BCUT2D eigenvalue weighted by molar-refractivity contribution is -0.0366. The molecule has 3 heteroatoms. The smallest absolute Gasteiger partial charge is 0.0876 e. The highest BCUT2D eigenvalue weighted by atomic mass is 16.5. The van der Waals surface area contributed by atoms with Crippen LogP contribution in [0.4, 0.5) is 0 Å². The minimum absolute atomic E-state index is 0.339. The number of rotatable bonds is 7. The van der Waals surface area contributed by atoms with E-state index in [0.717, 1.165) is 32.2 Å². The van der Waals surface area contributed by atoms with E-state index in [-0.39, 0.29) is 0 Å². The highest BCUT2D eigenvalue weighted by Gasteiger charge is 2.20. The van der Waals surface area contributed by atoms with Gasteiger partial charge in [-0.2, -0.15) is 0 Å². The molecule has 17 heavy (non-hydrogen) atoms. The number of hydrogen-bond acceptors (Lipinski definition) is 3. The monoisotopic (exact) mass is 240 g/mol. The van der Waals surface area contributed by atoms with Crippen molar-refractivity contribution >= 4 is 0 Å². The van der Waals surface area contributed by atoms with E-state index in [0.29, 0.717) is 6.10 Å². The average molecular weight is 240 g/mol. The molecule has 0 spiro atoms. The molecule has 1 aliphatic rings. The van der Waals surface area contributed by atoms with Gasteiger partial charge in [0.2, 0.25) is 0 Å². The lowest BCUT2D eigenvalue weighted by Gasteiger charge is -2.34. The van der Waals surface area contributed by atoms with Crippen LogP contribution in [0.2, 0.25) is 0 Å². The maximum absolute atomic E-state index is 5.78. The Morgan fingerprint density at radius 3 is 2.94 bits per heavy atom. The van der Waals surface area contributed by atoms with Crippen LogP contribution in [-0.2, 0) is 4.74 Å². The van der Waals surface area contributed by atoms with Crippen molar-refractivity contribution in [3.8, 4) is 0 Å². The van der Waals surface area contributed by atoms with Gasteiger partial charge in [0.1, 0.15) is 0 Å². The van der Waals surface area contributed by atoms with Gasteiger partial charge in [0.05, 0.1) is 12.7 Å². The van der Waals surface area contributed by atoms with Crippen molar-refractivity contribution in [2.24, 2.45) is 5.92 Å². The van der Waals surface area contributed by atoms with E-state index in [1.165, 1.54) is 19.4 Å². The maximum Gasteiger partial charge on any atom is 0.0876 e. The van der Waals surface area contributed by atoms with Crippen LogP contribution in [0.5, 0.6) is 0 Å². The van der Waals surface area contributed by atoms with E-state index in [1.54, 1.807) is 0 Å². The van der Waals surface area contributed by atoms with Crippen LogP contribution in [0.3, 0.4) is 0 Å². The first-order chi connectivity index (χ1) is 8.11. The molecular weight excluding hydrogens is 212 g/mol. The Kier molecular flexibility index (Phi) is 6.60. The molecule has 0 radical (unpaired) electrons. The molecule has 0 aromatic carbocycles. The topological polar surface area (TPSA) is 15.7 Å².